The first-order chi connectivity index (χ1) is 13.4. The van der Waals surface area contributed by atoms with Crippen LogP contribution in [0.15, 0.2) is 53.6 Å². The van der Waals surface area contributed by atoms with Crippen LogP contribution < -0.4 is 14.2 Å². The van der Waals surface area contributed by atoms with Crippen molar-refractivity contribution in [2.45, 2.75) is 4.90 Å². The molecule has 0 fully saturated rings. The van der Waals surface area contributed by atoms with E-state index in [9.17, 15) is 13.2 Å². The van der Waals surface area contributed by atoms with Gasteiger partial charge in [-0.15, -0.1) is 0 Å². The number of benzene rings is 2. The molecule has 1 aromatic heterocycles. The Morgan fingerprint density at radius 1 is 1.00 bits per heavy atom. The first-order valence-corrected chi connectivity index (χ1v) is 9.60. The minimum atomic E-state index is -4.07. The van der Waals surface area contributed by atoms with Crippen LogP contribution in [0.2, 0.25) is 0 Å². The highest BCUT2D eigenvalue weighted by atomic mass is 32.2. The molecule has 0 aliphatic carbocycles. The van der Waals surface area contributed by atoms with Gasteiger partial charge in [-0.2, -0.15) is 0 Å². The van der Waals surface area contributed by atoms with Crippen molar-refractivity contribution >= 4 is 32.6 Å². The number of fused-ring (bicyclic) bond motifs is 1. The van der Waals surface area contributed by atoms with Crippen molar-refractivity contribution in [1.82, 2.24) is 4.98 Å². The van der Waals surface area contributed by atoms with Crippen molar-refractivity contribution in [3.63, 3.8) is 0 Å². The van der Waals surface area contributed by atoms with Crippen molar-refractivity contribution in [1.29, 1.82) is 0 Å². The molecule has 0 radical (unpaired) electrons. The fourth-order valence-electron chi connectivity index (χ4n) is 2.74. The first-order valence-electron chi connectivity index (χ1n) is 8.12. The lowest BCUT2D eigenvalue weighted by Crippen LogP contribution is -2.17. The van der Waals surface area contributed by atoms with Crippen LogP contribution in [0.3, 0.4) is 0 Å². The third kappa shape index (κ3) is 3.56. The van der Waals surface area contributed by atoms with E-state index in [2.05, 4.69) is 9.71 Å². The molecule has 0 amide bonds. The number of rotatable bonds is 6. The molecule has 9 heteroatoms. The molecular weight excluding hydrogens is 384 g/mol. The van der Waals surface area contributed by atoms with E-state index >= 15 is 0 Å². The predicted molar refractivity (Wildman–Crippen MR) is 103 cm³/mol. The number of carbonyl (C=O) groups is 1. The van der Waals surface area contributed by atoms with E-state index in [1.165, 1.54) is 45.7 Å². The van der Waals surface area contributed by atoms with Crippen LogP contribution in [0, 0.1) is 0 Å². The lowest BCUT2D eigenvalue weighted by molar-refractivity contribution is 0.0601. The number of ether oxygens (including phenoxy) is 3. The molecule has 2 aromatic carbocycles. The highest BCUT2D eigenvalue weighted by Gasteiger charge is 2.24. The molecule has 0 bridgehead atoms. The molecule has 3 rings (SSSR count). The topological polar surface area (TPSA) is 104 Å². The zero-order valence-electron chi connectivity index (χ0n) is 15.4. The molecular formula is C19H18N2O6S. The van der Waals surface area contributed by atoms with Crippen molar-refractivity contribution in [2.24, 2.45) is 0 Å². The van der Waals surface area contributed by atoms with Gasteiger partial charge in [0.25, 0.3) is 10.0 Å². The van der Waals surface area contributed by atoms with E-state index in [-0.39, 0.29) is 27.6 Å². The van der Waals surface area contributed by atoms with Gasteiger partial charge in [0.1, 0.15) is 4.90 Å². The number of aromatic nitrogens is 1. The Balaban J connectivity index is 2.14. The number of hydrogen-bond acceptors (Lipinski definition) is 7. The molecule has 0 aliphatic rings. The van der Waals surface area contributed by atoms with Crippen molar-refractivity contribution < 1.29 is 27.4 Å². The van der Waals surface area contributed by atoms with Crippen LogP contribution in [0.5, 0.6) is 11.5 Å². The van der Waals surface area contributed by atoms with Crippen LogP contribution in [0.25, 0.3) is 10.9 Å². The lowest BCUT2D eigenvalue weighted by Gasteiger charge is -2.16. The summed E-state index contributed by atoms with van der Waals surface area (Å²) in [7, 11) is -0.0524. The Morgan fingerprint density at radius 2 is 1.68 bits per heavy atom. The molecule has 0 spiro atoms. The Hall–Kier alpha value is -3.33. The minimum absolute atomic E-state index is 0.00238. The van der Waals surface area contributed by atoms with Gasteiger partial charge in [0.05, 0.1) is 38.1 Å². The average Bonchev–Trinajstić information content (AvgIpc) is 2.72. The largest absolute Gasteiger partial charge is 0.493 e. The predicted octanol–water partition coefficient (Wildman–Crippen LogP) is 2.84. The third-order valence-corrected chi connectivity index (χ3v) is 5.46. The molecule has 0 saturated carbocycles. The maximum atomic E-state index is 13.1. The van der Waals surface area contributed by atoms with Gasteiger partial charge in [0, 0.05) is 23.7 Å². The molecule has 0 atom stereocenters. The van der Waals surface area contributed by atoms with Gasteiger partial charge < -0.3 is 14.2 Å². The van der Waals surface area contributed by atoms with Crippen molar-refractivity contribution in [2.75, 3.05) is 26.1 Å². The number of hydrogen-bond donors (Lipinski definition) is 1. The molecule has 3 aromatic rings. The van der Waals surface area contributed by atoms with Crippen LogP contribution in [0.1, 0.15) is 10.4 Å². The van der Waals surface area contributed by atoms with E-state index in [0.717, 1.165) is 0 Å². The Bertz CT molecular complexity index is 1140. The monoisotopic (exact) mass is 402 g/mol. The Morgan fingerprint density at radius 3 is 2.36 bits per heavy atom. The van der Waals surface area contributed by atoms with E-state index in [0.29, 0.717) is 10.9 Å². The highest BCUT2D eigenvalue weighted by molar-refractivity contribution is 7.93. The van der Waals surface area contributed by atoms with Crippen molar-refractivity contribution in [3.05, 3.63) is 54.2 Å². The number of sulfonamides is 1. The minimum Gasteiger partial charge on any atom is -0.493 e. The van der Waals surface area contributed by atoms with Crippen LogP contribution in [-0.2, 0) is 14.8 Å². The van der Waals surface area contributed by atoms with E-state index in [1.54, 1.807) is 24.3 Å². The van der Waals surface area contributed by atoms with Gasteiger partial charge in [-0.3, -0.25) is 9.71 Å². The maximum absolute atomic E-state index is 13.1. The van der Waals surface area contributed by atoms with Crippen molar-refractivity contribution in [3.8, 4) is 11.5 Å². The summed E-state index contributed by atoms with van der Waals surface area (Å²) in [4.78, 5) is 16.3. The number of anilines is 1. The maximum Gasteiger partial charge on any atom is 0.340 e. The van der Waals surface area contributed by atoms with Gasteiger partial charge in [-0.05, 0) is 12.1 Å². The number of nitrogens with one attached hydrogen (secondary N) is 1. The fourth-order valence-corrected chi connectivity index (χ4v) is 3.99. The SMILES string of the molecule is COC(=O)c1cc(OC)c(OC)cc1NS(=O)(=O)c1cccc2cccnc12. The van der Waals surface area contributed by atoms with Crippen LogP contribution >= 0.6 is 0 Å². The van der Waals surface area contributed by atoms with E-state index in [4.69, 9.17) is 14.2 Å². The molecule has 28 heavy (non-hydrogen) atoms. The normalized spacial score (nSPS) is 11.1. The van der Waals surface area contributed by atoms with Gasteiger partial charge >= 0.3 is 5.97 Å². The lowest BCUT2D eigenvalue weighted by atomic mass is 10.1. The average molecular weight is 402 g/mol. The zero-order chi connectivity index (χ0) is 20.3. The standard InChI is InChI=1S/C19H18N2O6S/c1-25-15-10-13(19(22)27-3)14(11-16(15)26-2)21-28(23,24)17-8-4-6-12-7-5-9-20-18(12)17/h4-11,21H,1-3H3. The van der Waals surface area contributed by atoms with Gasteiger partial charge in [-0.1, -0.05) is 18.2 Å². The molecule has 146 valence electrons. The number of pyridine rings is 1. The first kappa shape index (κ1) is 19.4. The summed E-state index contributed by atoms with van der Waals surface area (Å²) >= 11 is 0. The summed E-state index contributed by atoms with van der Waals surface area (Å²) < 4.78 is 43.7. The zero-order valence-corrected chi connectivity index (χ0v) is 16.2. The van der Waals surface area contributed by atoms with E-state index < -0.39 is 16.0 Å². The number of carbonyl (C=O) groups excluding carboxylic acids is 1. The second-order valence-electron chi connectivity index (χ2n) is 5.68. The van der Waals surface area contributed by atoms with Gasteiger partial charge in [-0.25, -0.2) is 13.2 Å². The molecule has 0 saturated heterocycles. The highest BCUT2D eigenvalue weighted by Crippen LogP contribution is 2.35. The molecule has 8 nitrogen and oxygen atoms in total. The summed E-state index contributed by atoms with van der Waals surface area (Å²) in [5, 5.41) is 0.672. The summed E-state index contributed by atoms with van der Waals surface area (Å²) in [5.41, 5.74) is 0.298. The molecule has 1 N–H and O–H groups in total. The Labute approximate surface area is 162 Å². The van der Waals surface area contributed by atoms with Crippen LogP contribution in [0.4, 0.5) is 5.69 Å². The number of methoxy groups -OCH3 is 3. The number of para-hydroxylation sites is 1. The summed E-state index contributed by atoms with van der Waals surface area (Å²) in [6.45, 7) is 0. The summed E-state index contributed by atoms with van der Waals surface area (Å²) in [6, 6.07) is 11.0. The molecule has 0 unspecified atom stereocenters. The smallest absolute Gasteiger partial charge is 0.340 e. The van der Waals surface area contributed by atoms with E-state index in [1.807, 2.05) is 0 Å². The second kappa shape index (κ2) is 7.73. The second-order valence-corrected chi connectivity index (χ2v) is 7.33. The number of nitrogens with zero attached hydrogens (tertiary/aromatic N) is 1. The fraction of sp³-hybridized carbons (Fsp3) is 0.158. The summed E-state index contributed by atoms with van der Waals surface area (Å²) in [5.74, 6) is -0.212. The van der Waals surface area contributed by atoms with Gasteiger partial charge in [0.15, 0.2) is 11.5 Å². The number of esters is 1. The molecule has 0 aliphatic heterocycles. The quantitative estimate of drug-likeness (QED) is 0.632. The third-order valence-electron chi connectivity index (χ3n) is 4.06. The van der Waals surface area contributed by atoms with Gasteiger partial charge in [0.2, 0.25) is 0 Å². The molecule has 1 heterocycles. The van der Waals surface area contributed by atoms with Crippen LogP contribution in [-0.4, -0.2) is 40.7 Å². The summed E-state index contributed by atoms with van der Waals surface area (Å²) in [6.07, 6.45) is 1.51. The Kier molecular flexibility index (Phi) is 5.36.